The summed E-state index contributed by atoms with van der Waals surface area (Å²) in [6.07, 6.45) is 4.85. The predicted octanol–water partition coefficient (Wildman–Crippen LogP) is 3.24. The van der Waals surface area contributed by atoms with Crippen LogP contribution in [0.15, 0.2) is 66.0 Å². The van der Waals surface area contributed by atoms with Gasteiger partial charge in [0.15, 0.2) is 5.82 Å². The third-order valence-electron chi connectivity index (χ3n) is 3.71. The van der Waals surface area contributed by atoms with Crippen molar-refractivity contribution in [2.75, 3.05) is 0 Å². The number of nitrogens with one attached hydrogen (secondary N) is 1. The van der Waals surface area contributed by atoms with Gasteiger partial charge in [-0.3, -0.25) is 4.79 Å². The molecule has 0 bridgehead atoms. The van der Waals surface area contributed by atoms with Crippen LogP contribution < -0.4 is 5.56 Å². The molecule has 122 valence electrons. The van der Waals surface area contributed by atoms with Crippen LogP contribution >= 0.6 is 11.6 Å². The van der Waals surface area contributed by atoms with Crippen molar-refractivity contribution in [1.29, 1.82) is 0 Å². The minimum absolute atomic E-state index is 0.214. The number of para-hydroxylation sites is 1. The molecule has 1 N–H and O–H groups in total. The normalized spacial score (nSPS) is 11.8. The third-order valence-corrected chi connectivity index (χ3v) is 4.00. The largest absolute Gasteiger partial charge is 0.305 e. The summed E-state index contributed by atoms with van der Waals surface area (Å²) in [5, 5.41) is 4.97. The second-order valence-electron chi connectivity index (χ2n) is 5.36. The number of hydrogen-bond acceptors (Lipinski definition) is 4. The summed E-state index contributed by atoms with van der Waals surface area (Å²) < 4.78 is 1.66. The molecule has 0 saturated carbocycles. The van der Waals surface area contributed by atoms with Crippen molar-refractivity contribution in [3.05, 3.63) is 82.9 Å². The van der Waals surface area contributed by atoms with Gasteiger partial charge in [-0.2, -0.15) is 5.10 Å². The zero-order chi connectivity index (χ0) is 17.2. The van der Waals surface area contributed by atoms with Crippen molar-refractivity contribution in [2.24, 2.45) is 0 Å². The molecule has 2 aromatic carbocycles. The lowest BCUT2D eigenvalue weighted by atomic mass is 10.2. The van der Waals surface area contributed by atoms with E-state index in [0.717, 1.165) is 11.3 Å². The molecule has 0 unspecified atom stereocenters. The Morgan fingerprint density at radius 3 is 2.68 bits per heavy atom. The first kappa shape index (κ1) is 15.3. The molecule has 25 heavy (non-hydrogen) atoms. The number of rotatable bonds is 3. The summed E-state index contributed by atoms with van der Waals surface area (Å²) >= 11 is 6.35. The Labute approximate surface area is 147 Å². The third kappa shape index (κ3) is 3.07. The van der Waals surface area contributed by atoms with E-state index in [1.807, 2.05) is 30.3 Å². The highest BCUT2D eigenvalue weighted by Gasteiger charge is 2.06. The molecule has 4 rings (SSSR count). The number of fused-ring (bicyclic) bond motifs is 1. The van der Waals surface area contributed by atoms with Gasteiger partial charge in [0, 0.05) is 0 Å². The maximum atomic E-state index is 12.1. The van der Waals surface area contributed by atoms with Crippen LogP contribution in [0.2, 0.25) is 0 Å². The highest BCUT2D eigenvalue weighted by Crippen LogP contribution is 2.20. The highest BCUT2D eigenvalue weighted by molar-refractivity contribution is 6.50. The van der Waals surface area contributed by atoms with Gasteiger partial charge in [0.2, 0.25) is 0 Å². The van der Waals surface area contributed by atoms with E-state index >= 15 is 0 Å². The van der Waals surface area contributed by atoms with Gasteiger partial charge in [-0.15, -0.1) is 0 Å². The minimum atomic E-state index is -0.214. The van der Waals surface area contributed by atoms with Gasteiger partial charge >= 0.3 is 0 Å². The van der Waals surface area contributed by atoms with Gasteiger partial charge in [0.25, 0.3) is 5.56 Å². The first-order chi connectivity index (χ1) is 12.2. The van der Waals surface area contributed by atoms with Crippen molar-refractivity contribution < 1.29 is 0 Å². The lowest BCUT2D eigenvalue weighted by Gasteiger charge is -2.03. The van der Waals surface area contributed by atoms with Crippen LogP contribution in [0.1, 0.15) is 11.4 Å². The first-order valence-corrected chi connectivity index (χ1v) is 7.90. The molecule has 0 fully saturated rings. The Hall–Kier alpha value is -3.25. The second kappa shape index (κ2) is 6.33. The molecule has 0 saturated heterocycles. The summed E-state index contributed by atoms with van der Waals surface area (Å²) in [4.78, 5) is 23.2. The molecular weight excluding hydrogens is 338 g/mol. The number of benzene rings is 2. The number of halogens is 1. The van der Waals surface area contributed by atoms with E-state index in [4.69, 9.17) is 11.6 Å². The summed E-state index contributed by atoms with van der Waals surface area (Å²) in [5.74, 6) is 0.339. The average molecular weight is 350 g/mol. The van der Waals surface area contributed by atoms with E-state index in [1.54, 1.807) is 35.3 Å². The van der Waals surface area contributed by atoms with E-state index in [2.05, 4.69) is 20.1 Å². The maximum Gasteiger partial charge on any atom is 0.259 e. The van der Waals surface area contributed by atoms with E-state index in [1.165, 1.54) is 6.33 Å². The first-order valence-electron chi connectivity index (χ1n) is 7.52. The lowest BCUT2D eigenvalue weighted by Crippen LogP contribution is -2.10. The molecule has 4 aromatic rings. The maximum absolute atomic E-state index is 12.1. The zero-order valence-corrected chi connectivity index (χ0v) is 13.7. The zero-order valence-electron chi connectivity index (χ0n) is 12.9. The van der Waals surface area contributed by atoms with Crippen molar-refractivity contribution >= 4 is 33.6 Å². The second-order valence-corrected chi connectivity index (χ2v) is 5.76. The Morgan fingerprint density at radius 1 is 1.12 bits per heavy atom. The fourth-order valence-electron chi connectivity index (χ4n) is 2.48. The standard InChI is InChI=1S/C18H12ClN5O/c19-15(17-22-16-4-2-1-3-14(16)18(25)23-17)9-12-5-7-13(8-6-12)24-11-20-10-21-24/h1-11H,(H,22,23,25)/b15-9+. The van der Waals surface area contributed by atoms with E-state index in [-0.39, 0.29) is 5.56 Å². The summed E-state index contributed by atoms with van der Waals surface area (Å²) in [7, 11) is 0. The average Bonchev–Trinajstić information content (AvgIpc) is 3.17. The van der Waals surface area contributed by atoms with Gasteiger partial charge in [-0.1, -0.05) is 35.9 Å². The van der Waals surface area contributed by atoms with Crippen molar-refractivity contribution in [2.45, 2.75) is 0 Å². The molecule has 0 amide bonds. The van der Waals surface area contributed by atoms with Crippen molar-refractivity contribution in [3.63, 3.8) is 0 Å². The van der Waals surface area contributed by atoms with Gasteiger partial charge in [0.1, 0.15) is 12.7 Å². The van der Waals surface area contributed by atoms with Gasteiger partial charge in [0.05, 0.1) is 21.6 Å². The van der Waals surface area contributed by atoms with Gasteiger partial charge < -0.3 is 4.98 Å². The van der Waals surface area contributed by atoms with Crippen LogP contribution in [0.25, 0.3) is 27.7 Å². The smallest absolute Gasteiger partial charge is 0.259 e. The number of hydrogen-bond donors (Lipinski definition) is 1. The highest BCUT2D eigenvalue weighted by atomic mass is 35.5. The van der Waals surface area contributed by atoms with Gasteiger partial charge in [-0.25, -0.2) is 14.6 Å². The van der Waals surface area contributed by atoms with Crippen molar-refractivity contribution in [3.8, 4) is 5.69 Å². The molecule has 2 aromatic heterocycles. The Morgan fingerprint density at radius 2 is 1.92 bits per heavy atom. The predicted molar refractivity (Wildman–Crippen MR) is 97.4 cm³/mol. The Kier molecular flexibility index (Phi) is 3.87. The molecule has 0 spiro atoms. The molecule has 0 aliphatic carbocycles. The number of H-pyrrole nitrogens is 1. The molecule has 2 heterocycles. The molecule has 6 nitrogen and oxygen atoms in total. The Bertz CT molecular complexity index is 1110. The summed E-state index contributed by atoms with van der Waals surface area (Å²) in [6.45, 7) is 0. The molecular formula is C18H12ClN5O. The number of aromatic nitrogens is 5. The van der Waals surface area contributed by atoms with E-state index < -0.39 is 0 Å². The fraction of sp³-hybridized carbons (Fsp3) is 0. The van der Waals surface area contributed by atoms with Gasteiger partial charge in [-0.05, 0) is 35.9 Å². The molecule has 0 atom stereocenters. The molecule has 0 aliphatic heterocycles. The fourth-order valence-corrected chi connectivity index (χ4v) is 2.69. The van der Waals surface area contributed by atoms with Crippen LogP contribution in [0.3, 0.4) is 0 Å². The van der Waals surface area contributed by atoms with E-state index in [9.17, 15) is 4.79 Å². The van der Waals surface area contributed by atoms with Crippen LogP contribution in [0.5, 0.6) is 0 Å². The minimum Gasteiger partial charge on any atom is -0.305 e. The van der Waals surface area contributed by atoms with Crippen LogP contribution in [0, 0.1) is 0 Å². The summed E-state index contributed by atoms with van der Waals surface area (Å²) in [5.41, 5.74) is 2.16. The molecule has 0 aliphatic rings. The number of nitrogens with zero attached hydrogens (tertiary/aromatic N) is 4. The Balaban J connectivity index is 1.68. The number of aromatic amines is 1. The molecule has 0 radical (unpaired) electrons. The van der Waals surface area contributed by atoms with Crippen LogP contribution in [-0.2, 0) is 0 Å². The topological polar surface area (TPSA) is 76.5 Å². The SMILES string of the molecule is O=c1[nH]c(/C(Cl)=C\c2ccc(-n3cncn3)cc2)nc2ccccc12. The van der Waals surface area contributed by atoms with Crippen LogP contribution in [-0.4, -0.2) is 24.7 Å². The quantitative estimate of drug-likeness (QED) is 0.616. The van der Waals surface area contributed by atoms with Crippen LogP contribution in [0.4, 0.5) is 0 Å². The monoisotopic (exact) mass is 349 g/mol. The van der Waals surface area contributed by atoms with E-state index in [0.29, 0.717) is 21.8 Å². The summed E-state index contributed by atoms with van der Waals surface area (Å²) in [6, 6.07) is 14.8. The molecule has 7 heteroatoms. The van der Waals surface area contributed by atoms with Crippen molar-refractivity contribution in [1.82, 2.24) is 24.7 Å². The lowest BCUT2D eigenvalue weighted by molar-refractivity contribution is 0.879.